The van der Waals surface area contributed by atoms with Crippen molar-refractivity contribution >= 4 is 17.7 Å². The van der Waals surface area contributed by atoms with E-state index in [9.17, 15) is 14.4 Å². The van der Waals surface area contributed by atoms with Gasteiger partial charge in [-0.15, -0.1) is 0 Å². The number of azide groups is 1. The molecule has 0 atom stereocenters. The molecule has 18 heavy (non-hydrogen) atoms. The summed E-state index contributed by atoms with van der Waals surface area (Å²) in [4.78, 5) is 35.3. The number of nitrogens with one attached hydrogen (secondary N) is 2. The zero-order valence-corrected chi connectivity index (χ0v) is 9.89. The SMILES string of the molecule is C=CC(=O)NC(=O)CCCCNC(=O)CN=[N+]=[N-]. The second kappa shape index (κ2) is 9.86. The molecule has 2 N–H and O–H groups in total. The molecule has 8 nitrogen and oxygen atoms in total. The number of hydrogen-bond donors (Lipinski definition) is 2. The number of carbonyl (C=O) groups is 3. The number of carbonyl (C=O) groups excluding carboxylic acids is 3. The molecule has 8 heteroatoms. The highest BCUT2D eigenvalue weighted by Crippen LogP contribution is 1.94. The fourth-order valence-electron chi connectivity index (χ4n) is 1.04. The van der Waals surface area contributed by atoms with Crippen molar-refractivity contribution in [1.82, 2.24) is 10.6 Å². The molecule has 0 heterocycles. The van der Waals surface area contributed by atoms with Crippen molar-refractivity contribution in [2.75, 3.05) is 13.1 Å². The van der Waals surface area contributed by atoms with Gasteiger partial charge in [0, 0.05) is 17.9 Å². The average molecular weight is 253 g/mol. The molecule has 0 aliphatic rings. The van der Waals surface area contributed by atoms with E-state index in [1.807, 2.05) is 0 Å². The monoisotopic (exact) mass is 253 g/mol. The number of rotatable bonds is 8. The lowest BCUT2D eigenvalue weighted by atomic mass is 10.2. The Balaban J connectivity index is 3.53. The van der Waals surface area contributed by atoms with Gasteiger partial charge in [0.05, 0.1) is 0 Å². The topological polar surface area (TPSA) is 124 Å². The quantitative estimate of drug-likeness (QED) is 0.214. The molecule has 0 radical (unpaired) electrons. The summed E-state index contributed by atoms with van der Waals surface area (Å²) < 4.78 is 0. The van der Waals surface area contributed by atoms with Crippen molar-refractivity contribution in [3.05, 3.63) is 23.1 Å². The van der Waals surface area contributed by atoms with E-state index >= 15 is 0 Å². The second-order valence-electron chi connectivity index (χ2n) is 3.31. The summed E-state index contributed by atoms with van der Waals surface area (Å²) in [7, 11) is 0. The minimum Gasteiger partial charge on any atom is -0.356 e. The van der Waals surface area contributed by atoms with Gasteiger partial charge in [-0.05, 0) is 24.4 Å². The van der Waals surface area contributed by atoms with Crippen LogP contribution in [-0.4, -0.2) is 30.8 Å². The molecule has 3 amide bonds. The molecular weight excluding hydrogens is 238 g/mol. The Kier molecular flexibility index (Phi) is 8.57. The van der Waals surface area contributed by atoms with Gasteiger partial charge in [-0.2, -0.15) is 0 Å². The molecule has 0 unspecified atom stereocenters. The van der Waals surface area contributed by atoms with Crippen molar-refractivity contribution in [2.45, 2.75) is 19.3 Å². The van der Waals surface area contributed by atoms with E-state index < -0.39 is 5.91 Å². The van der Waals surface area contributed by atoms with Crippen LogP contribution >= 0.6 is 0 Å². The van der Waals surface area contributed by atoms with Gasteiger partial charge in [0.15, 0.2) is 0 Å². The minimum atomic E-state index is -0.525. The van der Waals surface area contributed by atoms with Gasteiger partial charge in [0.25, 0.3) is 0 Å². The van der Waals surface area contributed by atoms with E-state index in [0.717, 1.165) is 6.08 Å². The van der Waals surface area contributed by atoms with Crippen LogP contribution in [0.3, 0.4) is 0 Å². The van der Waals surface area contributed by atoms with E-state index in [2.05, 4.69) is 27.2 Å². The molecule has 0 aliphatic carbocycles. The minimum absolute atomic E-state index is 0.200. The predicted molar refractivity (Wildman–Crippen MR) is 64.2 cm³/mol. The van der Waals surface area contributed by atoms with Crippen molar-refractivity contribution in [3.63, 3.8) is 0 Å². The third kappa shape index (κ3) is 8.93. The van der Waals surface area contributed by atoms with Gasteiger partial charge in [-0.25, -0.2) is 0 Å². The smallest absolute Gasteiger partial charge is 0.249 e. The van der Waals surface area contributed by atoms with E-state index in [4.69, 9.17) is 5.53 Å². The molecule has 98 valence electrons. The summed E-state index contributed by atoms with van der Waals surface area (Å²) in [6.45, 7) is 3.38. The second-order valence-corrected chi connectivity index (χ2v) is 3.31. The Morgan fingerprint density at radius 1 is 1.28 bits per heavy atom. The highest BCUT2D eigenvalue weighted by molar-refractivity contribution is 6.00. The van der Waals surface area contributed by atoms with Crippen LogP contribution < -0.4 is 10.6 Å². The fourth-order valence-corrected chi connectivity index (χ4v) is 1.04. The average Bonchev–Trinajstić information content (AvgIpc) is 2.35. The Hall–Kier alpha value is -2.34. The summed E-state index contributed by atoms with van der Waals surface area (Å²) in [6, 6.07) is 0. The number of hydrogen-bond acceptors (Lipinski definition) is 4. The summed E-state index contributed by atoms with van der Waals surface area (Å²) in [5.74, 6) is -1.26. The van der Waals surface area contributed by atoms with Gasteiger partial charge < -0.3 is 5.32 Å². The van der Waals surface area contributed by atoms with E-state index in [1.165, 1.54) is 0 Å². The summed E-state index contributed by atoms with van der Waals surface area (Å²) in [6.07, 6.45) is 2.36. The van der Waals surface area contributed by atoms with Crippen LogP contribution in [0.4, 0.5) is 0 Å². The molecule has 0 aliphatic heterocycles. The molecule has 0 aromatic rings. The number of nitrogens with zero attached hydrogens (tertiary/aromatic N) is 3. The molecule has 0 fully saturated rings. The van der Waals surface area contributed by atoms with Gasteiger partial charge in [-0.3, -0.25) is 19.7 Å². The third-order valence-corrected chi connectivity index (χ3v) is 1.88. The molecule has 0 aromatic heterocycles. The van der Waals surface area contributed by atoms with Crippen LogP contribution in [0.5, 0.6) is 0 Å². The maximum atomic E-state index is 11.1. The largest absolute Gasteiger partial charge is 0.356 e. The molecule has 0 bridgehead atoms. The third-order valence-electron chi connectivity index (χ3n) is 1.88. The Bertz CT molecular complexity index is 374. The van der Waals surface area contributed by atoms with Crippen molar-refractivity contribution < 1.29 is 14.4 Å². The van der Waals surface area contributed by atoms with Gasteiger partial charge >= 0.3 is 0 Å². The lowest BCUT2D eigenvalue weighted by Crippen LogP contribution is -2.29. The first-order chi connectivity index (χ1) is 8.60. The summed E-state index contributed by atoms with van der Waals surface area (Å²) >= 11 is 0. The lowest BCUT2D eigenvalue weighted by molar-refractivity contribution is -0.128. The van der Waals surface area contributed by atoms with Gasteiger partial charge in [0.2, 0.25) is 17.7 Å². The van der Waals surface area contributed by atoms with E-state index in [-0.39, 0.29) is 24.8 Å². The highest BCUT2D eigenvalue weighted by Gasteiger charge is 2.04. The molecule has 0 saturated carbocycles. The van der Waals surface area contributed by atoms with Crippen LogP contribution in [-0.2, 0) is 14.4 Å². The Morgan fingerprint density at radius 2 is 2.00 bits per heavy atom. The zero-order chi connectivity index (χ0) is 13.8. The van der Waals surface area contributed by atoms with Gasteiger partial charge in [0.1, 0.15) is 6.54 Å². The molecule has 0 spiro atoms. The fraction of sp³-hybridized carbons (Fsp3) is 0.500. The Morgan fingerprint density at radius 3 is 2.61 bits per heavy atom. The van der Waals surface area contributed by atoms with Crippen LogP contribution in [0.2, 0.25) is 0 Å². The van der Waals surface area contributed by atoms with Crippen LogP contribution in [0, 0.1) is 0 Å². The molecule has 0 saturated heterocycles. The van der Waals surface area contributed by atoms with Crippen LogP contribution in [0.25, 0.3) is 10.4 Å². The van der Waals surface area contributed by atoms with Crippen LogP contribution in [0.1, 0.15) is 19.3 Å². The normalized spacial score (nSPS) is 8.89. The first-order valence-electron chi connectivity index (χ1n) is 5.34. The van der Waals surface area contributed by atoms with Crippen molar-refractivity contribution in [1.29, 1.82) is 0 Å². The van der Waals surface area contributed by atoms with Crippen molar-refractivity contribution in [2.24, 2.45) is 5.11 Å². The molecule has 0 aromatic carbocycles. The first kappa shape index (κ1) is 15.7. The number of amides is 3. The van der Waals surface area contributed by atoms with Crippen molar-refractivity contribution in [3.8, 4) is 0 Å². The van der Waals surface area contributed by atoms with E-state index in [1.54, 1.807) is 0 Å². The maximum Gasteiger partial charge on any atom is 0.249 e. The van der Waals surface area contributed by atoms with E-state index in [0.29, 0.717) is 19.4 Å². The number of imide groups is 1. The highest BCUT2D eigenvalue weighted by atomic mass is 16.2. The predicted octanol–water partition coefficient (Wildman–Crippen LogP) is 0.412. The maximum absolute atomic E-state index is 11.1. The number of unbranched alkanes of at least 4 members (excludes halogenated alkanes) is 1. The summed E-state index contributed by atoms with van der Waals surface area (Å²) in [5.41, 5.74) is 7.98. The first-order valence-corrected chi connectivity index (χ1v) is 5.34. The zero-order valence-electron chi connectivity index (χ0n) is 9.89. The Labute approximate surface area is 104 Å². The molecular formula is C10H15N5O3. The van der Waals surface area contributed by atoms with Crippen LogP contribution in [0.15, 0.2) is 17.8 Å². The standard InChI is InChI=1S/C10H15N5O3/c1-2-8(16)14-9(17)5-3-4-6-12-10(18)7-13-15-11/h2H,1,3-7H2,(H,12,18)(H,14,16,17). The lowest BCUT2D eigenvalue weighted by Gasteiger charge is -2.03. The van der Waals surface area contributed by atoms with Gasteiger partial charge in [-0.1, -0.05) is 11.7 Å². The molecule has 0 rings (SSSR count). The summed E-state index contributed by atoms with van der Waals surface area (Å²) in [5, 5.41) is 7.74.